The summed E-state index contributed by atoms with van der Waals surface area (Å²) in [6.45, 7) is 4.82. The van der Waals surface area contributed by atoms with Crippen LogP contribution in [0.1, 0.15) is 40.8 Å². The number of hydrogen-bond acceptors (Lipinski definition) is 17. The van der Waals surface area contributed by atoms with E-state index in [9.17, 15) is 29.2 Å². The molecule has 21 heteroatoms. The van der Waals surface area contributed by atoms with E-state index in [0.29, 0.717) is 0 Å². The smallest absolute Gasteiger partial charge is 0.432 e. The Morgan fingerprint density at radius 2 is 1.71 bits per heavy atom. The van der Waals surface area contributed by atoms with Crippen molar-refractivity contribution >= 4 is 37.2 Å². The maximum Gasteiger partial charge on any atom is 0.510 e. The van der Waals surface area contributed by atoms with E-state index in [0.717, 1.165) is 17.8 Å². The number of halogens is 1. The van der Waals surface area contributed by atoms with Gasteiger partial charge in [-0.3, -0.25) is 18.9 Å². The van der Waals surface area contributed by atoms with Crippen molar-refractivity contribution in [3.05, 3.63) is 16.7 Å². The summed E-state index contributed by atoms with van der Waals surface area (Å²) in [5.41, 5.74) is -1.09. The molecule has 1 aliphatic heterocycles. The molecule has 19 nitrogen and oxygen atoms in total. The Bertz CT molecular complexity index is 1430. The van der Waals surface area contributed by atoms with Gasteiger partial charge in [-0.05, 0) is 34.6 Å². The normalized spacial score (nSPS) is 28.6. The Morgan fingerprint density at radius 3 is 2.19 bits per heavy atom. The number of H-pyrrole nitrogens is 1. The Morgan fingerprint density at radius 1 is 1.17 bits per heavy atom. The van der Waals surface area contributed by atoms with E-state index < -0.39 is 80.9 Å². The molecule has 0 bridgehead atoms. The molecular weight excluding hydrogens is 596 g/mol. The number of phosphoric acid groups is 1. The average Bonchev–Trinajstić information content (AvgIpc) is 3.10. The van der Waals surface area contributed by atoms with Crippen LogP contribution in [0.2, 0.25) is 0 Å². The van der Waals surface area contributed by atoms with Gasteiger partial charge in [0, 0.05) is 0 Å². The highest BCUT2D eigenvalue weighted by Crippen LogP contribution is 2.72. The van der Waals surface area contributed by atoms with Crippen LogP contribution in [0, 0.1) is 0 Å². The molecule has 4 rings (SSSR count). The fourth-order valence-corrected chi connectivity index (χ4v) is 5.25. The number of carbonyl (C=O) groups excluding carboxylic acids is 2. The topological polar surface area (TPSA) is 255 Å². The molecule has 2 aromatic heterocycles. The standard InChI is InChI=1S/C21H29FN5O14P/c1-9(2)38-17(29)34-7-36-42(33,37-8-35-18(30)39-10(3)4)41-14-20(32)19(5,31)15(40-21(14,20)22)27-6-24-11-12(27)25-16(23)26-13(11)28/h6,9-10,14-15,31-32H,7-8H2,1-5H3,(H3,23,25,26,28)/t14-,15+,19-,20?,21+/m0/s1. The minimum Gasteiger partial charge on any atom is -0.432 e. The van der Waals surface area contributed by atoms with Crippen molar-refractivity contribution in [2.24, 2.45) is 0 Å². The van der Waals surface area contributed by atoms with Crippen LogP contribution in [0.5, 0.6) is 0 Å². The quantitative estimate of drug-likeness (QED) is 0.154. The van der Waals surface area contributed by atoms with E-state index in [4.69, 9.17) is 33.5 Å². The molecule has 42 heavy (non-hydrogen) atoms. The van der Waals surface area contributed by atoms with Crippen LogP contribution in [0.3, 0.4) is 0 Å². The average molecular weight is 625 g/mol. The zero-order valence-electron chi connectivity index (χ0n) is 22.8. The molecule has 2 aliphatic rings. The van der Waals surface area contributed by atoms with E-state index in [2.05, 4.69) is 24.4 Å². The van der Waals surface area contributed by atoms with Gasteiger partial charge in [0.2, 0.25) is 19.5 Å². The summed E-state index contributed by atoms with van der Waals surface area (Å²) in [4.78, 5) is 45.4. The second kappa shape index (κ2) is 11.0. The van der Waals surface area contributed by atoms with Crippen molar-refractivity contribution in [2.75, 3.05) is 19.3 Å². The number of nitrogens with two attached hydrogens (primary N) is 1. The maximum absolute atomic E-state index is 16.0. The number of alkyl halides is 1. The van der Waals surface area contributed by atoms with Gasteiger partial charge < -0.3 is 39.6 Å². The lowest BCUT2D eigenvalue weighted by Crippen LogP contribution is -2.48. The molecule has 2 aromatic rings. The number of nitrogens with one attached hydrogen (secondary N) is 1. The van der Waals surface area contributed by atoms with Crippen LogP contribution in [0.25, 0.3) is 11.2 Å². The van der Waals surface area contributed by atoms with Crippen LogP contribution in [0.15, 0.2) is 11.1 Å². The Balaban J connectivity index is 1.53. The predicted molar refractivity (Wildman–Crippen MR) is 132 cm³/mol. The summed E-state index contributed by atoms with van der Waals surface area (Å²) in [6.07, 6.45) is -6.60. The summed E-state index contributed by atoms with van der Waals surface area (Å²) in [7, 11) is -5.07. The number of aromatic nitrogens is 4. The largest absolute Gasteiger partial charge is 0.510 e. The van der Waals surface area contributed by atoms with Crippen molar-refractivity contribution in [1.82, 2.24) is 19.5 Å². The third-order valence-electron chi connectivity index (χ3n) is 6.07. The van der Waals surface area contributed by atoms with E-state index in [1.54, 1.807) is 0 Å². The molecule has 1 aliphatic carbocycles. The molecule has 3 heterocycles. The molecular formula is C21H29FN5O14P. The molecule has 1 saturated carbocycles. The van der Waals surface area contributed by atoms with Gasteiger partial charge >= 0.3 is 20.1 Å². The van der Waals surface area contributed by atoms with Crippen molar-refractivity contribution in [1.29, 1.82) is 0 Å². The van der Waals surface area contributed by atoms with Gasteiger partial charge in [-0.1, -0.05) is 0 Å². The first-order valence-electron chi connectivity index (χ1n) is 12.2. The second-order valence-corrected chi connectivity index (χ2v) is 11.5. The van der Waals surface area contributed by atoms with E-state index in [1.807, 2.05) is 0 Å². The van der Waals surface area contributed by atoms with Crippen molar-refractivity contribution in [3.63, 3.8) is 0 Å². The third-order valence-corrected chi connectivity index (χ3v) is 7.38. The zero-order valence-corrected chi connectivity index (χ0v) is 23.7. The number of nitrogen functional groups attached to an aromatic ring is 1. The summed E-state index contributed by atoms with van der Waals surface area (Å²) in [6, 6.07) is 0. The van der Waals surface area contributed by atoms with E-state index >= 15 is 4.39 Å². The number of rotatable bonds is 11. The molecule has 5 N–H and O–H groups in total. The third kappa shape index (κ3) is 5.53. The van der Waals surface area contributed by atoms with Crippen LogP contribution in [0.4, 0.5) is 19.9 Å². The molecule has 5 atom stereocenters. The van der Waals surface area contributed by atoms with Crippen molar-refractivity contribution in [2.45, 2.75) is 76.2 Å². The molecule has 0 aromatic carbocycles. The van der Waals surface area contributed by atoms with E-state index in [1.165, 1.54) is 27.7 Å². The summed E-state index contributed by atoms with van der Waals surface area (Å²) < 4.78 is 69.1. The first-order valence-corrected chi connectivity index (χ1v) is 13.7. The number of phosphoric ester groups is 1. The minimum atomic E-state index is -5.07. The Kier molecular flexibility index (Phi) is 8.28. The van der Waals surface area contributed by atoms with Crippen LogP contribution < -0.4 is 11.3 Å². The number of ether oxygens (including phenoxy) is 5. The zero-order chi connectivity index (χ0) is 31.3. The van der Waals surface area contributed by atoms with Gasteiger partial charge in [0.05, 0.1) is 18.5 Å². The van der Waals surface area contributed by atoms with Gasteiger partial charge in [0.1, 0.15) is 5.60 Å². The number of imidazole rings is 1. The second-order valence-electron chi connectivity index (χ2n) is 9.85. The lowest BCUT2D eigenvalue weighted by Gasteiger charge is -2.32. The molecule has 0 radical (unpaired) electrons. The Labute approximate surface area is 235 Å². The van der Waals surface area contributed by atoms with Gasteiger partial charge in [-0.15, -0.1) is 0 Å². The van der Waals surface area contributed by atoms with Gasteiger partial charge in [-0.2, -0.15) is 4.98 Å². The number of hydrogen-bond donors (Lipinski definition) is 4. The lowest BCUT2D eigenvalue weighted by atomic mass is 9.95. The van der Waals surface area contributed by atoms with Crippen LogP contribution in [-0.4, -0.2) is 91.0 Å². The lowest BCUT2D eigenvalue weighted by molar-refractivity contribution is -0.181. The first-order chi connectivity index (χ1) is 19.4. The highest BCUT2D eigenvalue weighted by molar-refractivity contribution is 7.48. The van der Waals surface area contributed by atoms with Gasteiger partial charge in [-0.25, -0.2) is 32.6 Å². The Hall–Kier alpha value is -3.39. The fraction of sp³-hybridized carbons (Fsp3) is 0.667. The first kappa shape index (κ1) is 31.5. The van der Waals surface area contributed by atoms with Crippen molar-refractivity contribution < 1.29 is 66.0 Å². The van der Waals surface area contributed by atoms with Gasteiger partial charge in [0.15, 0.2) is 29.1 Å². The molecule has 1 saturated heterocycles. The number of anilines is 1. The highest BCUT2D eigenvalue weighted by Gasteiger charge is 2.95. The summed E-state index contributed by atoms with van der Waals surface area (Å²) >= 11 is 0. The molecule has 0 amide bonds. The minimum absolute atomic E-state index is 0.208. The number of carbonyl (C=O) groups is 2. The summed E-state index contributed by atoms with van der Waals surface area (Å²) in [5, 5.41) is 22.4. The molecule has 2 fully saturated rings. The SMILES string of the molecule is CC(C)OC(=O)OCOP(=O)(OCOC(=O)OC(C)C)O[C@H]1C2(O)[C@@](C)(O)[C@H](n3cnc4c(=O)[nH]c(N)nc43)O[C@]12F. The number of aliphatic hydroxyl groups is 2. The molecule has 234 valence electrons. The van der Waals surface area contributed by atoms with Crippen LogP contribution in [-0.2, 0) is 41.8 Å². The number of fused-ring (bicyclic) bond motifs is 2. The van der Waals surface area contributed by atoms with E-state index in [-0.39, 0.29) is 17.1 Å². The summed E-state index contributed by atoms with van der Waals surface area (Å²) in [5.74, 6) is -3.57. The number of aromatic amines is 1. The number of nitrogens with zero attached hydrogens (tertiary/aromatic N) is 3. The molecule has 0 spiro atoms. The van der Waals surface area contributed by atoms with Gasteiger partial charge in [0.25, 0.3) is 11.4 Å². The highest BCUT2D eigenvalue weighted by atomic mass is 31.2. The predicted octanol–water partition coefficient (Wildman–Crippen LogP) is 0.957. The monoisotopic (exact) mass is 625 g/mol. The fourth-order valence-electron chi connectivity index (χ4n) is 4.14. The maximum atomic E-state index is 16.0. The molecule has 1 unspecified atom stereocenters. The van der Waals surface area contributed by atoms with Crippen LogP contribution >= 0.6 is 7.82 Å². The van der Waals surface area contributed by atoms with Crippen molar-refractivity contribution in [3.8, 4) is 0 Å².